The molecule has 3 rings (SSSR count). The lowest BCUT2D eigenvalue weighted by molar-refractivity contribution is -0.147. The number of hydrogen-bond donors (Lipinski definition) is 1. The SMILES string of the molecule is Cc1cc(=O)c(COC(=O)[C@@H]2[C@H]3CCCO[C@H]32)n[nH]1. The van der Waals surface area contributed by atoms with E-state index in [2.05, 4.69) is 10.2 Å². The number of rotatable bonds is 3. The Bertz CT molecular complexity index is 542. The first kappa shape index (κ1) is 12.3. The Kier molecular flexibility index (Phi) is 3.10. The summed E-state index contributed by atoms with van der Waals surface area (Å²) in [6.07, 6.45) is 2.06. The lowest BCUT2D eigenvalue weighted by atomic mass is 10.2. The maximum atomic E-state index is 11.9. The molecule has 1 saturated heterocycles. The predicted octanol–water partition coefficient (Wildman–Crippen LogP) is 0.547. The lowest BCUT2D eigenvalue weighted by Crippen LogP contribution is -2.17. The quantitative estimate of drug-likeness (QED) is 0.806. The van der Waals surface area contributed by atoms with E-state index in [4.69, 9.17) is 9.47 Å². The zero-order valence-electron chi connectivity index (χ0n) is 10.7. The second kappa shape index (κ2) is 4.77. The summed E-state index contributed by atoms with van der Waals surface area (Å²) in [4.78, 5) is 23.5. The van der Waals surface area contributed by atoms with Gasteiger partial charge in [0.25, 0.3) is 0 Å². The van der Waals surface area contributed by atoms with Crippen LogP contribution in [0.2, 0.25) is 0 Å². The second-order valence-electron chi connectivity index (χ2n) is 5.14. The summed E-state index contributed by atoms with van der Waals surface area (Å²) in [6.45, 7) is 2.39. The van der Waals surface area contributed by atoms with E-state index in [9.17, 15) is 9.59 Å². The molecule has 2 aliphatic rings. The van der Waals surface area contributed by atoms with Crippen LogP contribution in [0.4, 0.5) is 0 Å². The molecule has 0 radical (unpaired) electrons. The molecule has 3 atom stereocenters. The van der Waals surface area contributed by atoms with Gasteiger partial charge in [0.2, 0.25) is 5.43 Å². The molecule has 19 heavy (non-hydrogen) atoms. The Morgan fingerprint density at radius 3 is 3.16 bits per heavy atom. The van der Waals surface area contributed by atoms with Crippen LogP contribution in [0.5, 0.6) is 0 Å². The molecular formula is C13H16N2O4. The molecule has 1 aromatic rings. The van der Waals surface area contributed by atoms with Gasteiger partial charge in [-0.1, -0.05) is 0 Å². The summed E-state index contributed by atoms with van der Waals surface area (Å²) in [6, 6.07) is 1.44. The van der Waals surface area contributed by atoms with Crippen molar-refractivity contribution in [2.45, 2.75) is 32.5 Å². The molecule has 2 heterocycles. The Morgan fingerprint density at radius 2 is 2.47 bits per heavy atom. The Morgan fingerprint density at radius 1 is 1.63 bits per heavy atom. The maximum Gasteiger partial charge on any atom is 0.312 e. The number of fused-ring (bicyclic) bond motifs is 1. The number of aromatic nitrogens is 2. The van der Waals surface area contributed by atoms with Crippen LogP contribution < -0.4 is 5.43 Å². The summed E-state index contributed by atoms with van der Waals surface area (Å²) in [5.41, 5.74) is 0.693. The van der Waals surface area contributed by atoms with E-state index in [1.165, 1.54) is 6.07 Å². The molecule has 0 aromatic carbocycles. The van der Waals surface area contributed by atoms with Crippen molar-refractivity contribution in [1.29, 1.82) is 0 Å². The number of carbonyl (C=O) groups excluding carboxylic acids is 1. The van der Waals surface area contributed by atoms with Crippen molar-refractivity contribution < 1.29 is 14.3 Å². The Labute approximate surface area is 110 Å². The normalized spacial score (nSPS) is 28.6. The molecule has 0 unspecified atom stereocenters. The summed E-state index contributed by atoms with van der Waals surface area (Å²) in [7, 11) is 0. The van der Waals surface area contributed by atoms with Gasteiger partial charge in [-0.2, -0.15) is 5.10 Å². The van der Waals surface area contributed by atoms with Crippen molar-refractivity contribution in [2.75, 3.05) is 6.61 Å². The Balaban J connectivity index is 1.58. The van der Waals surface area contributed by atoms with Gasteiger partial charge in [0.05, 0.1) is 12.0 Å². The number of ether oxygens (including phenoxy) is 2. The third kappa shape index (κ3) is 2.40. The summed E-state index contributed by atoms with van der Waals surface area (Å²) in [5, 5.41) is 6.57. The number of carbonyl (C=O) groups is 1. The average molecular weight is 264 g/mol. The summed E-state index contributed by atoms with van der Waals surface area (Å²) < 4.78 is 10.7. The number of nitrogens with zero attached hydrogens (tertiary/aromatic N) is 1. The van der Waals surface area contributed by atoms with Gasteiger partial charge in [-0.25, -0.2) is 0 Å². The average Bonchev–Trinajstić information content (AvgIpc) is 3.11. The second-order valence-corrected chi connectivity index (χ2v) is 5.14. The topological polar surface area (TPSA) is 81.3 Å². The highest BCUT2D eigenvalue weighted by Crippen LogP contribution is 2.48. The molecule has 0 amide bonds. The van der Waals surface area contributed by atoms with Gasteiger partial charge < -0.3 is 9.47 Å². The van der Waals surface area contributed by atoms with Crippen molar-refractivity contribution in [3.63, 3.8) is 0 Å². The van der Waals surface area contributed by atoms with Gasteiger partial charge in [-0.3, -0.25) is 14.7 Å². The van der Waals surface area contributed by atoms with Crippen molar-refractivity contribution >= 4 is 5.97 Å². The van der Waals surface area contributed by atoms with Gasteiger partial charge >= 0.3 is 5.97 Å². The highest BCUT2D eigenvalue weighted by molar-refractivity contribution is 5.77. The number of aryl methyl sites for hydroxylation is 1. The van der Waals surface area contributed by atoms with Crippen LogP contribution in [0.25, 0.3) is 0 Å². The first-order valence-corrected chi connectivity index (χ1v) is 6.50. The molecule has 2 fully saturated rings. The molecule has 1 aromatic heterocycles. The number of nitrogens with one attached hydrogen (secondary N) is 1. The van der Waals surface area contributed by atoms with Crippen molar-refractivity contribution in [3.05, 3.63) is 27.7 Å². The summed E-state index contributed by atoms with van der Waals surface area (Å²) >= 11 is 0. The van der Waals surface area contributed by atoms with E-state index >= 15 is 0 Å². The number of aromatic amines is 1. The molecule has 102 valence electrons. The van der Waals surface area contributed by atoms with Crippen LogP contribution in [-0.4, -0.2) is 28.9 Å². The third-order valence-electron chi connectivity index (χ3n) is 3.71. The van der Waals surface area contributed by atoms with Crippen molar-refractivity contribution in [1.82, 2.24) is 10.2 Å². The molecule has 0 bridgehead atoms. The highest BCUT2D eigenvalue weighted by atomic mass is 16.5. The largest absolute Gasteiger partial charge is 0.459 e. The van der Waals surface area contributed by atoms with E-state index in [0.29, 0.717) is 11.6 Å². The zero-order chi connectivity index (χ0) is 13.4. The first-order chi connectivity index (χ1) is 9.16. The molecule has 1 N–H and O–H groups in total. The third-order valence-corrected chi connectivity index (χ3v) is 3.71. The zero-order valence-corrected chi connectivity index (χ0v) is 10.7. The fourth-order valence-electron chi connectivity index (χ4n) is 2.62. The van der Waals surface area contributed by atoms with Crippen LogP contribution in [0.3, 0.4) is 0 Å². The van der Waals surface area contributed by atoms with E-state index in [0.717, 1.165) is 19.4 Å². The van der Waals surface area contributed by atoms with Gasteiger partial charge in [0.15, 0.2) is 0 Å². The molecule has 6 heteroatoms. The molecule has 1 aliphatic heterocycles. The van der Waals surface area contributed by atoms with Crippen molar-refractivity contribution in [2.24, 2.45) is 11.8 Å². The number of hydrogen-bond acceptors (Lipinski definition) is 5. The standard InChI is InChI=1S/C13H16N2O4/c1-7-5-10(16)9(15-14-7)6-19-13(17)11-8-3-2-4-18-12(8)11/h5,8,11-12H,2-4,6H2,1H3,(H,14,16)/t8-,11-,12-/m1/s1. The molecule has 6 nitrogen and oxygen atoms in total. The van der Waals surface area contributed by atoms with Crippen molar-refractivity contribution in [3.8, 4) is 0 Å². The monoisotopic (exact) mass is 264 g/mol. The van der Waals surface area contributed by atoms with Gasteiger partial charge in [0, 0.05) is 24.3 Å². The first-order valence-electron chi connectivity index (χ1n) is 6.50. The fourth-order valence-corrected chi connectivity index (χ4v) is 2.62. The van der Waals surface area contributed by atoms with Crippen LogP contribution in [0, 0.1) is 18.8 Å². The number of esters is 1. The summed E-state index contributed by atoms with van der Waals surface area (Å²) in [5.74, 6) is -0.115. The molecule has 1 aliphatic carbocycles. The number of H-pyrrole nitrogens is 1. The van der Waals surface area contributed by atoms with Crippen LogP contribution in [0.15, 0.2) is 10.9 Å². The minimum Gasteiger partial charge on any atom is -0.459 e. The smallest absolute Gasteiger partial charge is 0.312 e. The van der Waals surface area contributed by atoms with Gasteiger partial charge in [-0.15, -0.1) is 0 Å². The van der Waals surface area contributed by atoms with E-state index in [1.54, 1.807) is 6.92 Å². The minimum atomic E-state index is -0.279. The molecule has 0 spiro atoms. The van der Waals surface area contributed by atoms with Crippen LogP contribution >= 0.6 is 0 Å². The van der Waals surface area contributed by atoms with E-state index in [1.807, 2.05) is 0 Å². The predicted molar refractivity (Wildman–Crippen MR) is 65.3 cm³/mol. The lowest BCUT2D eigenvalue weighted by Gasteiger charge is -2.07. The van der Waals surface area contributed by atoms with Crippen LogP contribution in [0.1, 0.15) is 24.2 Å². The highest BCUT2D eigenvalue weighted by Gasteiger charge is 2.57. The van der Waals surface area contributed by atoms with Crippen LogP contribution in [-0.2, 0) is 20.9 Å². The molecular weight excluding hydrogens is 248 g/mol. The fraction of sp³-hybridized carbons (Fsp3) is 0.615. The minimum absolute atomic E-state index is 0.0329. The Hall–Kier alpha value is -1.69. The van der Waals surface area contributed by atoms with Gasteiger partial charge in [0.1, 0.15) is 12.3 Å². The van der Waals surface area contributed by atoms with Gasteiger partial charge in [-0.05, 0) is 19.8 Å². The van der Waals surface area contributed by atoms with E-state index < -0.39 is 0 Å². The molecule has 1 saturated carbocycles. The van der Waals surface area contributed by atoms with E-state index in [-0.39, 0.29) is 35.7 Å². The maximum absolute atomic E-state index is 11.9.